The van der Waals surface area contributed by atoms with Crippen LogP contribution < -0.4 is 20.7 Å². The van der Waals surface area contributed by atoms with Crippen LogP contribution in [-0.2, 0) is 6.18 Å². The smallest absolute Gasteiger partial charge is 0.416 e. The first-order chi connectivity index (χ1) is 17.2. The van der Waals surface area contributed by atoms with E-state index in [4.69, 9.17) is 13.9 Å². The number of hydrogen-bond donors (Lipinski definition) is 1. The Bertz CT molecular complexity index is 1720. The standard InChI is InChI=1S/C26H16F3NO6/c1-34-17-11-12-18-19(13-17)30(15-5-3-2-4-6-15)24(32)20-21(31)23(25(33)36-22(18)20)35-16-9-7-14(8-10-16)26(27,28)29/h2-13,31H,1H3. The summed E-state index contributed by atoms with van der Waals surface area (Å²) in [5, 5.41) is 11.0. The second-order valence-corrected chi connectivity index (χ2v) is 7.75. The van der Waals surface area contributed by atoms with Crippen LogP contribution in [0.3, 0.4) is 0 Å². The van der Waals surface area contributed by atoms with Crippen molar-refractivity contribution in [2.75, 3.05) is 7.11 Å². The number of ether oxygens (including phenoxy) is 2. The fourth-order valence-corrected chi connectivity index (χ4v) is 3.89. The van der Waals surface area contributed by atoms with Crippen molar-refractivity contribution in [3.63, 3.8) is 0 Å². The van der Waals surface area contributed by atoms with E-state index < -0.39 is 34.4 Å². The van der Waals surface area contributed by atoms with Gasteiger partial charge in [0.1, 0.15) is 16.9 Å². The van der Waals surface area contributed by atoms with E-state index in [1.54, 1.807) is 48.5 Å². The molecule has 10 heteroatoms. The van der Waals surface area contributed by atoms with Crippen LogP contribution in [0.2, 0.25) is 0 Å². The number of pyridine rings is 1. The van der Waals surface area contributed by atoms with E-state index in [0.717, 1.165) is 24.3 Å². The molecule has 0 saturated carbocycles. The summed E-state index contributed by atoms with van der Waals surface area (Å²) in [6.45, 7) is 0. The predicted octanol–water partition coefficient (Wildman–Crippen LogP) is 5.62. The van der Waals surface area contributed by atoms with Crippen LogP contribution in [-0.4, -0.2) is 16.8 Å². The number of alkyl halides is 3. The Hall–Kier alpha value is -4.73. The zero-order chi connectivity index (χ0) is 25.6. The first-order valence-electron chi connectivity index (χ1n) is 10.5. The third kappa shape index (κ3) is 3.82. The summed E-state index contributed by atoms with van der Waals surface area (Å²) in [4.78, 5) is 26.4. The van der Waals surface area contributed by atoms with Gasteiger partial charge in [-0.05, 0) is 48.5 Å². The normalized spacial score (nSPS) is 11.7. The summed E-state index contributed by atoms with van der Waals surface area (Å²) < 4.78 is 56.0. The molecular formula is C26H16F3NO6. The Labute approximate surface area is 200 Å². The molecule has 0 radical (unpaired) electrons. The number of para-hydroxylation sites is 1. The number of aromatic nitrogens is 1. The van der Waals surface area contributed by atoms with E-state index in [1.807, 2.05) is 0 Å². The summed E-state index contributed by atoms with van der Waals surface area (Å²) in [5.74, 6) is -1.25. The average Bonchev–Trinajstić information content (AvgIpc) is 2.86. The van der Waals surface area contributed by atoms with E-state index in [2.05, 4.69) is 0 Å². The molecular weight excluding hydrogens is 479 g/mol. The summed E-state index contributed by atoms with van der Waals surface area (Å²) in [6, 6.07) is 16.9. The molecule has 0 amide bonds. The SMILES string of the molecule is COc1ccc2c3oc(=O)c(Oc4ccc(C(F)(F)F)cc4)c(O)c3c(=O)n(-c3ccccc3)c2c1. The van der Waals surface area contributed by atoms with Gasteiger partial charge in [0.2, 0.25) is 0 Å². The molecule has 0 atom stereocenters. The molecule has 2 heterocycles. The quantitative estimate of drug-likeness (QED) is 0.326. The highest BCUT2D eigenvalue weighted by Crippen LogP contribution is 2.37. The maximum Gasteiger partial charge on any atom is 0.416 e. The van der Waals surface area contributed by atoms with Crippen LogP contribution in [0.5, 0.6) is 23.0 Å². The average molecular weight is 495 g/mol. The van der Waals surface area contributed by atoms with Crippen molar-refractivity contribution in [3.8, 4) is 28.7 Å². The second-order valence-electron chi connectivity index (χ2n) is 7.75. The van der Waals surface area contributed by atoms with Crippen molar-refractivity contribution in [3.05, 3.63) is 99.1 Å². The maximum absolute atomic E-state index is 13.7. The third-order valence-electron chi connectivity index (χ3n) is 5.58. The summed E-state index contributed by atoms with van der Waals surface area (Å²) in [7, 11) is 1.46. The van der Waals surface area contributed by atoms with Gasteiger partial charge in [0.05, 0.1) is 18.2 Å². The lowest BCUT2D eigenvalue weighted by atomic mass is 10.1. The van der Waals surface area contributed by atoms with Gasteiger partial charge >= 0.3 is 11.8 Å². The first kappa shape index (κ1) is 23.0. The van der Waals surface area contributed by atoms with E-state index >= 15 is 0 Å². The van der Waals surface area contributed by atoms with Crippen LogP contribution >= 0.6 is 0 Å². The fraction of sp³-hybridized carbons (Fsp3) is 0.0769. The van der Waals surface area contributed by atoms with Crippen molar-refractivity contribution in [1.29, 1.82) is 0 Å². The van der Waals surface area contributed by atoms with Crippen LogP contribution in [0.4, 0.5) is 13.2 Å². The van der Waals surface area contributed by atoms with Crippen LogP contribution in [0, 0.1) is 0 Å². The molecule has 5 rings (SSSR count). The molecule has 36 heavy (non-hydrogen) atoms. The first-order valence-corrected chi connectivity index (χ1v) is 10.5. The number of aromatic hydroxyl groups is 1. The lowest BCUT2D eigenvalue weighted by molar-refractivity contribution is -0.137. The lowest BCUT2D eigenvalue weighted by Gasteiger charge is -2.15. The second kappa shape index (κ2) is 8.49. The largest absolute Gasteiger partial charge is 0.503 e. The molecule has 0 fully saturated rings. The summed E-state index contributed by atoms with van der Waals surface area (Å²) in [6.07, 6.45) is -4.56. The number of benzene rings is 3. The highest BCUT2D eigenvalue weighted by Gasteiger charge is 2.30. The Morgan fingerprint density at radius 1 is 0.917 bits per heavy atom. The van der Waals surface area contributed by atoms with Gasteiger partial charge in [-0.25, -0.2) is 4.79 Å². The van der Waals surface area contributed by atoms with Gasteiger partial charge in [-0.3, -0.25) is 9.36 Å². The molecule has 3 aromatic carbocycles. The molecule has 2 aromatic heterocycles. The topological polar surface area (TPSA) is 90.9 Å². The molecule has 0 bridgehead atoms. The van der Waals surface area contributed by atoms with E-state index in [1.165, 1.54) is 11.7 Å². The number of rotatable bonds is 4. The van der Waals surface area contributed by atoms with Crippen molar-refractivity contribution in [1.82, 2.24) is 4.57 Å². The zero-order valence-corrected chi connectivity index (χ0v) is 18.5. The van der Waals surface area contributed by atoms with E-state index in [9.17, 15) is 27.9 Å². The Kier molecular flexibility index (Phi) is 5.43. The number of fused-ring (bicyclic) bond motifs is 3. The van der Waals surface area contributed by atoms with E-state index in [-0.39, 0.29) is 16.7 Å². The molecule has 0 aliphatic carbocycles. The summed E-state index contributed by atoms with van der Waals surface area (Å²) in [5.41, 5.74) is -2.09. The summed E-state index contributed by atoms with van der Waals surface area (Å²) >= 11 is 0. The minimum Gasteiger partial charge on any atom is -0.503 e. The molecule has 0 saturated heterocycles. The number of nitrogens with zero attached hydrogens (tertiary/aromatic N) is 1. The van der Waals surface area contributed by atoms with Crippen molar-refractivity contribution in [2.24, 2.45) is 0 Å². The van der Waals surface area contributed by atoms with Crippen LogP contribution in [0.1, 0.15) is 5.56 Å². The molecule has 7 nitrogen and oxygen atoms in total. The van der Waals surface area contributed by atoms with Gasteiger partial charge in [0.25, 0.3) is 11.3 Å². The Morgan fingerprint density at radius 3 is 2.22 bits per heavy atom. The van der Waals surface area contributed by atoms with E-state index in [0.29, 0.717) is 22.3 Å². The van der Waals surface area contributed by atoms with Gasteiger partial charge in [-0.1, -0.05) is 18.2 Å². The van der Waals surface area contributed by atoms with Gasteiger partial charge in [0, 0.05) is 17.1 Å². The molecule has 0 unspecified atom stereocenters. The maximum atomic E-state index is 13.7. The van der Waals surface area contributed by atoms with Gasteiger partial charge in [0.15, 0.2) is 11.3 Å². The number of hydrogen-bond acceptors (Lipinski definition) is 6. The monoisotopic (exact) mass is 495 g/mol. The van der Waals surface area contributed by atoms with Crippen LogP contribution in [0.25, 0.3) is 27.6 Å². The van der Waals surface area contributed by atoms with Gasteiger partial charge in [-0.2, -0.15) is 13.2 Å². The highest BCUT2D eigenvalue weighted by molar-refractivity contribution is 6.05. The molecule has 0 spiro atoms. The molecule has 5 aromatic rings. The van der Waals surface area contributed by atoms with Crippen molar-refractivity contribution in [2.45, 2.75) is 6.18 Å². The molecule has 0 aliphatic heterocycles. The molecule has 182 valence electrons. The van der Waals surface area contributed by atoms with Gasteiger partial charge < -0.3 is 19.0 Å². The number of halogens is 3. The third-order valence-corrected chi connectivity index (χ3v) is 5.58. The minimum absolute atomic E-state index is 0.168. The lowest BCUT2D eigenvalue weighted by Crippen LogP contribution is -2.20. The highest BCUT2D eigenvalue weighted by atomic mass is 19.4. The van der Waals surface area contributed by atoms with Crippen LogP contribution in [0.15, 0.2) is 86.8 Å². The molecule has 0 aliphatic rings. The zero-order valence-electron chi connectivity index (χ0n) is 18.5. The van der Waals surface area contributed by atoms with Crippen molar-refractivity contribution < 1.29 is 32.2 Å². The van der Waals surface area contributed by atoms with Gasteiger partial charge in [-0.15, -0.1) is 0 Å². The fourth-order valence-electron chi connectivity index (χ4n) is 3.89. The number of methoxy groups -OCH3 is 1. The molecule has 1 N–H and O–H groups in total. The Balaban J connectivity index is 1.77. The minimum atomic E-state index is -4.56. The predicted molar refractivity (Wildman–Crippen MR) is 125 cm³/mol. The van der Waals surface area contributed by atoms with Crippen molar-refractivity contribution >= 4 is 21.9 Å². The Morgan fingerprint density at radius 2 is 1.58 bits per heavy atom.